The lowest BCUT2D eigenvalue weighted by atomic mass is 10.2. The van der Waals surface area contributed by atoms with Crippen molar-refractivity contribution in [1.29, 1.82) is 0 Å². The van der Waals surface area contributed by atoms with Crippen molar-refractivity contribution in [3.63, 3.8) is 0 Å². The number of hydrogen-bond donors (Lipinski definition) is 3. The molecule has 0 atom stereocenters. The van der Waals surface area contributed by atoms with Crippen LogP contribution in [0.3, 0.4) is 0 Å². The molecule has 0 spiro atoms. The molecule has 1 aromatic rings. The summed E-state index contributed by atoms with van der Waals surface area (Å²) in [4.78, 5) is 24.9. The third kappa shape index (κ3) is 5.37. The standard InChI is InChI=1S/C12H13ClN4O5/c13-9-4-8(12(19)10(5-9)17(21)22)6-14-2-1-3-15-11(18)7-16-20/h4-7,19-20H,1-3H2,(H,15,18). The summed E-state index contributed by atoms with van der Waals surface area (Å²) in [6.07, 6.45) is 2.49. The third-order valence-electron chi connectivity index (χ3n) is 2.45. The van der Waals surface area contributed by atoms with Crippen molar-refractivity contribution in [1.82, 2.24) is 5.32 Å². The number of nitrogens with zero attached hydrogens (tertiary/aromatic N) is 3. The number of oxime groups is 1. The zero-order valence-corrected chi connectivity index (χ0v) is 12.0. The van der Waals surface area contributed by atoms with Crippen molar-refractivity contribution in [2.24, 2.45) is 10.1 Å². The van der Waals surface area contributed by atoms with E-state index in [1.54, 1.807) is 0 Å². The van der Waals surface area contributed by atoms with Crippen molar-refractivity contribution in [3.05, 3.63) is 32.8 Å². The number of carbonyl (C=O) groups excluding carboxylic acids is 1. The van der Waals surface area contributed by atoms with Crippen LogP contribution in [0, 0.1) is 10.1 Å². The molecule has 1 rings (SSSR count). The molecule has 10 heteroatoms. The second kappa shape index (κ2) is 8.57. The predicted molar refractivity (Wildman–Crippen MR) is 80.1 cm³/mol. The summed E-state index contributed by atoms with van der Waals surface area (Å²) in [6.45, 7) is 0.625. The summed E-state index contributed by atoms with van der Waals surface area (Å²) in [7, 11) is 0. The lowest BCUT2D eigenvalue weighted by Crippen LogP contribution is -2.25. The number of aromatic hydroxyl groups is 1. The molecule has 0 aliphatic carbocycles. The number of hydrogen-bond acceptors (Lipinski definition) is 7. The van der Waals surface area contributed by atoms with Gasteiger partial charge in [0.25, 0.3) is 5.91 Å². The molecule has 0 aliphatic rings. The maximum atomic E-state index is 10.9. The minimum atomic E-state index is -0.739. The van der Waals surface area contributed by atoms with E-state index in [1.807, 2.05) is 0 Å². The zero-order valence-electron chi connectivity index (χ0n) is 11.3. The molecule has 118 valence electrons. The Kier molecular flexibility index (Phi) is 6.77. The minimum absolute atomic E-state index is 0.113. The molecular formula is C12H13ClN4O5. The second-order valence-corrected chi connectivity index (χ2v) is 4.48. The van der Waals surface area contributed by atoms with E-state index in [9.17, 15) is 20.0 Å². The van der Waals surface area contributed by atoms with Crippen molar-refractivity contribution >= 4 is 35.6 Å². The Balaban J connectivity index is 2.57. The Labute approximate surface area is 130 Å². The lowest BCUT2D eigenvalue weighted by molar-refractivity contribution is -0.385. The monoisotopic (exact) mass is 328 g/mol. The highest BCUT2D eigenvalue weighted by Crippen LogP contribution is 2.32. The molecule has 0 saturated heterocycles. The molecule has 0 heterocycles. The largest absolute Gasteiger partial charge is 0.502 e. The van der Waals surface area contributed by atoms with Gasteiger partial charge in [-0.3, -0.25) is 19.9 Å². The SMILES string of the molecule is O=C(C=NO)NCCCN=Cc1cc(Cl)cc([N+](=O)[O-])c1O. The number of phenols is 1. The van der Waals surface area contributed by atoms with Gasteiger partial charge in [-0.2, -0.15) is 0 Å². The molecule has 3 N–H and O–H groups in total. The average Bonchev–Trinajstić information content (AvgIpc) is 2.45. The molecule has 0 unspecified atom stereocenters. The van der Waals surface area contributed by atoms with Gasteiger partial charge >= 0.3 is 5.69 Å². The fourth-order valence-electron chi connectivity index (χ4n) is 1.49. The summed E-state index contributed by atoms with van der Waals surface area (Å²) < 4.78 is 0. The van der Waals surface area contributed by atoms with Crippen molar-refractivity contribution < 1.29 is 20.0 Å². The number of aliphatic imine (C=N–C) groups is 1. The lowest BCUT2D eigenvalue weighted by Gasteiger charge is -2.02. The van der Waals surface area contributed by atoms with Gasteiger partial charge in [0.2, 0.25) is 5.75 Å². The molecule has 0 saturated carbocycles. The number of rotatable bonds is 7. The van der Waals surface area contributed by atoms with Crippen LogP contribution < -0.4 is 5.32 Å². The van der Waals surface area contributed by atoms with Crippen LogP contribution in [0.4, 0.5) is 5.69 Å². The van der Waals surface area contributed by atoms with Gasteiger partial charge in [-0.05, 0) is 12.5 Å². The molecule has 1 amide bonds. The molecule has 0 bridgehead atoms. The average molecular weight is 329 g/mol. The molecule has 9 nitrogen and oxygen atoms in total. The van der Waals surface area contributed by atoms with Crippen LogP contribution >= 0.6 is 11.6 Å². The van der Waals surface area contributed by atoms with Crippen LogP contribution in [0.1, 0.15) is 12.0 Å². The van der Waals surface area contributed by atoms with Gasteiger partial charge in [0.1, 0.15) is 6.21 Å². The smallest absolute Gasteiger partial charge is 0.312 e. The first-order valence-electron chi connectivity index (χ1n) is 6.07. The first-order valence-corrected chi connectivity index (χ1v) is 6.45. The van der Waals surface area contributed by atoms with Gasteiger partial charge in [0, 0.05) is 36.0 Å². The van der Waals surface area contributed by atoms with Gasteiger partial charge in [0.15, 0.2) is 0 Å². The van der Waals surface area contributed by atoms with Gasteiger partial charge in [-0.1, -0.05) is 16.8 Å². The van der Waals surface area contributed by atoms with Crippen molar-refractivity contribution in [2.45, 2.75) is 6.42 Å². The highest BCUT2D eigenvalue weighted by molar-refractivity contribution is 6.31. The number of amides is 1. The van der Waals surface area contributed by atoms with Crippen molar-refractivity contribution in [3.8, 4) is 5.75 Å². The topological polar surface area (TPSA) is 137 Å². The van der Waals surface area contributed by atoms with E-state index in [-0.39, 0.29) is 10.6 Å². The van der Waals surface area contributed by atoms with E-state index in [4.69, 9.17) is 16.8 Å². The maximum absolute atomic E-state index is 10.9. The Morgan fingerprint density at radius 1 is 1.50 bits per heavy atom. The van der Waals surface area contributed by atoms with Crippen LogP contribution in [0.5, 0.6) is 5.75 Å². The number of nitro groups is 1. The van der Waals surface area contributed by atoms with E-state index < -0.39 is 22.3 Å². The van der Waals surface area contributed by atoms with E-state index in [0.29, 0.717) is 19.5 Å². The van der Waals surface area contributed by atoms with Crippen LogP contribution in [0.2, 0.25) is 5.02 Å². The number of benzene rings is 1. The summed E-state index contributed by atoms with van der Waals surface area (Å²) in [6, 6.07) is 2.40. The summed E-state index contributed by atoms with van der Waals surface area (Å²) >= 11 is 5.74. The molecule has 1 aromatic carbocycles. The maximum Gasteiger partial charge on any atom is 0.312 e. The summed E-state index contributed by atoms with van der Waals surface area (Å²) in [5.41, 5.74) is -0.361. The first kappa shape index (κ1) is 17.4. The Morgan fingerprint density at radius 2 is 2.23 bits per heavy atom. The quantitative estimate of drug-likeness (QED) is 0.228. The van der Waals surface area contributed by atoms with Crippen molar-refractivity contribution in [2.75, 3.05) is 13.1 Å². The first-order chi connectivity index (χ1) is 10.5. The van der Waals surface area contributed by atoms with Crippen LogP contribution in [-0.4, -0.2) is 46.7 Å². The van der Waals surface area contributed by atoms with Crippen LogP contribution in [0.25, 0.3) is 0 Å². The molecule has 0 aromatic heterocycles. The fourth-order valence-corrected chi connectivity index (χ4v) is 1.71. The Bertz CT molecular complexity index is 618. The van der Waals surface area contributed by atoms with E-state index >= 15 is 0 Å². The molecule has 0 fully saturated rings. The Morgan fingerprint density at radius 3 is 2.86 bits per heavy atom. The Hall–Kier alpha value is -2.68. The highest BCUT2D eigenvalue weighted by atomic mass is 35.5. The van der Waals surface area contributed by atoms with Crippen LogP contribution in [-0.2, 0) is 4.79 Å². The zero-order chi connectivity index (χ0) is 16.5. The van der Waals surface area contributed by atoms with Gasteiger partial charge in [-0.15, -0.1) is 0 Å². The number of nitro benzene ring substituents is 1. The molecule has 0 aliphatic heterocycles. The van der Waals surface area contributed by atoms with Gasteiger partial charge < -0.3 is 15.6 Å². The molecular weight excluding hydrogens is 316 g/mol. The number of nitrogens with one attached hydrogen (secondary N) is 1. The number of phenolic OH excluding ortho intramolecular Hbond substituents is 1. The fraction of sp³-hybridized carbons (Fsp3) is 0.250. The van der Waals surface area contributed by atoms with Gasteiger partial charge in [0.05, 0.1) is 4.92 Å². The molecule has 0 radical (unpaired) electrons. The summed E-state index contributed by atoms with van der Waals surface area (Å²) in [5, 5.41) is 33.7. The second-order valence-electron chi connectivity index (χ2n) is 4.04. The highest BCUT2D eigenvalue weighted by Gasteiger charge is 2.17. The van der Waals surface area contributed by atoms with E-state index in [2.05, 4.69) is 15.5 Å². The molecule has 22 heavy (non-hydrogen) atoms. The summed E-state index contributed by atoms with van der Waals surface area (Å²) in [5.74, 6) is -1.04. The van der Waals surface area contributed by atoms with Crippen LogP contribution in [0.15, 0.2) is 22.3 Å². The number of carbonyl (C=O) groups is 1. The van der Waals surface area contributed by atoms with Gasteiger partial charge in [-0.25, -0.2) is 0 Å². The minimum Gasteiger partial charge on any atom is -0.502 e. The normalized spacial score (nSPS) is 11.1. The van der Waals surface area contributed by atoms with E-state index in [1.165, 1.54) is 12.3 Å². The third-order valence-corrected chi connectivity index (χ3v) is 2.67. The predicted octanol–water partition coefficient (Wildman–Crippen LogP) is 1.34. The van der Waals surface area contributed by atoms with E-state index in [0.717, 1.165) is 12.3 Å². The number of halogens is 1.